The summed E-state index contributed by atoms with van der Waals surface area (Å²) in [6.45, 7) is 0. The smallest absolute Gasteiger partial charge is 0.273 e. The molecule has 0 atom stereocenters. The summed E-state index contributed by atoms with van der Waals surface area (Å²) >= 11 is 0. The van der Waals surface area contributed by atoms with Gasteiger partial charge in [0.05, 0.1) is 0 Å². The summed E-state index contributed by atoms with van der Waals surface area (Å²) in [5.41, 5.74) is 0. The van der Waals surface area contributed by atoms with Crippen LogP contribution in [0.4, 0.5) is 0 Å². The summed E-state index contributed by atoms with van der Waals surface area (Å²) in [7, 11) is 0. The summed E-state index contributed by atoms with van der Waals surface area (Å²) in [6.07, 6.45) is 10.0. The molecule has 0 unspecified atom stereocenters. The van der Waals surface area contributed by atoms with Gasteiger partial charge in [-0.25, -0.2) is 12.2 Å². The van der Waals surface area contributed by atoms with Gasteiger partial charge in [0.2, 0.25) is 0 Å². The maximum atomic E-state index is 2.99. The molecule has 33 valence electrons. The fourth-order valence-corrected chi connectivity index (χ4v) is 0.340. The minimum atomic E-state index is 0. The normalized spacial score (nSPS) is 14.7. The molecule has 1 rings (SSSR count). The third kappa shape index (κ3) is 1.52. The van der Waals surface area contributed by atoms with Crippen LogP contribution in [0.15, 0.2) is 18.2 Å². The fourth-order valence-electron chi connectivity index (χ4n) is 0.340. The van der Waals surface area contributed by atoms with Gasteiger partial charge in [-0.3, -0.25) is 6.08 Å². The zero-order valence-electron chi connectivity index (χ0n) is 3.27. The van der Waals surface area contributed by atoms with Crippen molar-refractivity contribution in [1.29, 1.82) is 0 Å². The second kappa shape index (κ2) is 3.30. The van der Waals surface area contributed by atoms with Gasteiger partial charge < -0.3 is 0 Å². The van der Waals surface area contributed by atoms with Crippen LogP contribution in [0.5, 0.6) is 0 Å². The molecule has 0 aromatic rings. The van der Waals surface area contributed by atoms with Gasteiger partial charge in [0.1, 0.15) is 0 Å². The van der Waals surface area contributed by atoms with Crippen molar-refractivity contribution in [3.05, 3.63) is 24.3 Å². The average Bonchev–Trinajstić information content (AvgIpc) is 1.76. The van der Waals surface area contributed by atoms with E-state index in [0.717, 1.165) is 6.42 Å². The Morgan fingerprint density at radius 1 is 1.50 bits per heavy atom. The first-order valence-electron chi connectivity index (χ1n) is 1.72. The first-order valence-corrected chi connectivity index (χ1v) is 1.72. The average molecular weight is 168 g/mol. The standard InChI is InChI=1S/C5H5.Rh/c1-2-4-5-3-1;/h1-3H,4H2;/q-1;+2. The molecule has 1 heteroatoms. The van der Waals surface area contributed by atoms with Crippen LogP contribution in [0.25, 0.3) is 0 Å². The van der Waals surface area contributed by atoms with Crippen LogP contribution < -0.4 is 0 Å². The van der Waals surface area contributed by atoms with Crippen molar-refractivity contribution in [2.24, 2.45) is 0 Å². The maximum Gasteiger partial charge on any atom is 2.00 e. The van der Waals surface area contributed by atoms with Gasteiger partial charge in [0.25, 0.3) is 0 Å². The van der Waals surface area contributed by atoms with E-state index in [1.165, 1.54) is 0 Å². The van der Waals surface area contributed by atoms with Gasteiger partial charge in [-0.1, -0.05) is 0 Å². The van der Waals surface area contributed by atoms with Crippen molar-refractivity contribution in [2.75, 3.05) is 0 Å². The molecule has 0 amide bonds. The summed E-state index contributed by atoms with van der Waals surface area (Å²) in [6, 6.07) is 0. The molecule has 0 fully saturated rings. The molecule has 6 heavy (non-hydrogen) atoms. The Balaban J connectivity index is 0.000000250. The molecule has 0 bridgehead atoms. The van der Waals surface area contributed by atoms with E-state index < -0.39 is 0 Å². The number of allylic oxidation sites excluding steroid dienone is 4. The second-order valence-electron chi connectivity index (χ2n) is 1.00. The van der Waals surface area contributed by atoms with Gasteiger partial charge >= 0.3 is 19.5 Å². The SMILES string of the molecule is [C-]1=CC=CC1.[Rh+2]. The first-order chi connectivity index (χ1) is 2.50. The molecule has 0 heterocycles. The van der Waals surface area contributed by atoms with Gasteiger partial charge in [-0.15, -0.1) is 6.42 Å². The van der Waals surface area contributed by atoms with Crippen LogP contribution in [-0.2, 0) is 19.5 Å². The van der Waals surface area contributed by atoms with E-state index in [9.17, 15) is 0 Å². The van der Waals surface area contributed by atoms with Crippen molar-refractivity contribution in [1.82, 2.24) is 0 Å². The fraction of sp³-hybridized carbons (Fsp3) is 0.200. The first kappa shape index (κ1) is 6.10. The Hall–Kier alpha value is 0.103. The molecule has 1 radical (unpaired) electrons. The second-order valence-corrected chi connectivity index (χ2v) is 1.00. The topological polar surface area (TPSA) is 0 Å². The van der Waals surface area contributed by atoms with Gasteiger partial charge in [0.15, 0.2) is 0 Å². The number of hydrogen-bond donors (Lipinski definition) is 0. The molecular formula is C5H5Rh+. The Morgan fingerprint density at radius 2 is 2.33 bits per heavy atom. The Kier molecular flexibility index (Phi) is 3.36. The van der Waals surface area contributed by atoms with Gasteiger partial charge in [-0.05, 0) is 0 Å². The van der Waals surface area contributed by atoms with Crippen LogP contribution in [-0.4, -0.2) is 0 Å². The predicted molar refractivity (Wildman–Crippen MR) is 21.6 cm³/mol. The third-order valence-corrected chi connectivity index (χ3v) is 0.586. The molecule has 0 aliphatic heterocycles. The molecule has 1 aliphatic carbocycles. The summed E-state index contributed by atoms with van der Waals surface area (Å²) in [5, 5.41) is 0. The summed E-state index contributed by atoms with van der Waals surface area (Å²) in [4.78, 5) is 0. The van der Waals surface area contributed by atoms with Crippen molar-refractivity contribution in [2.45, 2.75) is 6.42 Å². The molecular weight excluding hydrogens is 163 g/mol. The number of rotatable bonds is 0. The van der Waals surface area contributed by atoms with Crippen molar-refractivity contribution >= 4 is 0 Å². The van der Waals surface area contributed by atoms with Crippen LogP contribution in [0.2, 0.25) is 0 Å². The molecule has 0 saturated heterocycles. The van der Waals surface area contributed by atoms with Crippen LogP contribution in [0, 0.1) is 6.08 Å². The Morgan fingerprint density at radius 3 is 2.50 bits per heavy atom. The van der Waals surface area contributed by atoms with Crippen LogP contribution in [0.1, 0.15) is 6.42 Å². The van der Waals surface area contributed by atoms with E-state index in [1.807, 2.05) is 12.2 Å². The molecule has 0 aromatic heterocycles. The summed E-state index contributed by atoms with van der Waals surface area (Å²) in [5.74, 6) is 0. The minimum absolute atomic E-state index is 0. The van der Waals surface area contributed by atoms with Gasteiger partial charge in [-0.2, -0.15) is 6.08 Å². The van der Waals surface area contributed by atoms with E-state index in [-0.39, 0.29) is 19.5 Å². The largest absolute Gasteiger partial charge is 2.00 e. The zero-order valence-corrected chi connectivity index (χ0v) is 4.91. The van der Waals surface area contributed by atoms with E-state index in [1.54, 1.807) is 0 Å². The third-order valence-electron chi connectivity index (χ3n) is 0.586. The Bertz CT molecular complexity index is 62.0. The number of hydrogen-bond acceptors (Lipinski definition) is 0. The quantitative estimate of drug-likeness (QED) is 0.377. The Labute approximate surface area is 50.7 Å². The molecule has 0 N–H and O–H groups in total. The van der Waals surface area contributed by atoms with Crippen LogP contribution >= 0.6 is 0 Å². The maximum absolute atomic E-state index is 2.99. The van der Waals surface area contributed by atoms with E-state index in [4.69, 9.17) is 0 Å². The van der Waals surface area contributed by atoms with Crippen molar-refractivity contribution in [3.8, 4) is 0 Å². The predicted octanol–water partition coefficient (Wildman–Crippen LogP) is 1.30. The molecule has 0 nitrogen and oxygen atoms in total. The molecule has 1 aliphatic rings. The minimum Gasteiger partial charge on any atom is -0.273 e. The molecule has 0 spiro atoms. The van der Waals surface area contributed by atoms with E-state index >= 15 is 0 Å². The van der Waals surface area contributed by atoms with E-state index in [0.29, 0.717) is 0 Å². The van der Waals surface area contributed by atoms with E-state index in [2.05, 4.69) is 12.2 Å². The van der Waals surface area contributed by atoms with Gasteiger partial charge in [0, 0.05) is 0 Å². The monoisotopic (exact) mass is 168 g/mol. The van der Waals surface area contributed by atoms with Crippen LogP contribution in [0.3, 0.4) is 0 Å². The molecule has 0 aromatic carbocycles. The zero-order chi connectivity index (χ0) is 3.54. The summed E-state index contributed by atoms with van der Waals surface area (Å²) < 4.78 is 0. The van der Waals surface area contributed by atoms with Crippen molar-refractivity contribution in [3.63, 3.8) is 0 Å². The molecule has 0 saturated carbocycles. The van der Waals surface area contributed by atoms with Crippen molar-refractivity contribution < 1.29 is 19.5 Å².